The second-order valence-electron chi connectivity index (χ2n) is 4.37. The van der Waals surface area contributed by atoms with Gasteiger partial charge in [-0.3, -0.25) is 0 Å². The summed E-state index contributed by atoms with van der Waals surface area (Å²) in [6, 6.07) is 9.85. The monoisotopic (exact) mass is 362 g/mol. The summed E-state index contributed by atoms with van der Waals surface area (Å²) < 4.78 is 54.3. The summed E-state index contributed by atoms with van der Waals surface area (Å²) in [5.74, 6) is -1.72. The number of alkyl halides is 3. The largest absolute Gasteiger partial charge is 0.435 e. The van der Waals surface area contributed by atoms with Crippen molar-refractivity contribution in [2.24, 2.45) is 0 Å². The van der Waals surface area contributed by atoms with E-state index in [1.54, 1.807) is 12.1 Å². The van der Waals surface area contributed by atoms with E-state index in [0.717, 1.165) is 17.7 Å². The standard InChI is InChI=1S/C15H11BrF4O/c16-12(7-9-1-6-13(17)14(18)8-9)10-2-4-11(5-3-10)21-15(19)20/h1-6,8,12,15H,7H2. The van der Waals surface area contributed by atoms with Crippen molar-refractivity contribution < 1.29 is 22.3 Å². The summed E-state index contributed by atoms with van der Waals surface area (Å²) in [5.41, 5.74) is 1.45. The third kappa shape index (κ3) is 4.46. The highest BCUT2D eigenvalue weighted by Crippen LogP contribution is 2.29. The van der Waals surface area contributed by atoms with Crippen LogP contribution >= 0.6 is 15.9 Å². The molecule has 1 nitrogen and oxygen atoms in total. The third-order valence-corrected chi connectivity index (χ3v) is 3.72. The molecule has 2 aromatic carbocycles. The van der Waals surface area contributed by atoms with Gasteiger partial charge in [0.2, 0.25) is 0 Å². The molecule has 0 aromatic heterocycles. The van der Waals surface area contributed by atoms with E-state index in [-0.39, 0.29) is 10.6 Å². The second-order valence-corrected chi connectivity index (χ2v) is 5.47. The van der Waals surface area contributed by atoms with Crippen molar-refractivity contribution in [1.29, 1.82) is 0 Å². The van der Waals surface area contributed by atoms with Crippen LogP contribution in [-0.4, -0.2) is 6.61 Å². The van der Waals surface area contributed by atoms with Crippen molar-refractivity contribution >= 4 is 15.9 Å². The van der Waals surface area contributed by atoms with Gasteiger partial charge in [-0.15, -0.1) is 0 Å². The molecule has 0 radical (unpaired) electrons. The van der Waals surface area contributed by atoms with E-state index in [0.29, 0.717) is 12.0 Å². The molecule has 0 aliphatic carbocycles. The van der Waals surface area contributed by atoms with Crippen LogP contribution in [-0.2, 0) is 6.42 Å². The Labute approximate surface area is 127 Å². The zero-order valence-corrected chi connectivity index (χ0v) is 12.3. The van der Waals surface area contributed by atoms with Gasteiger partial charge in [0.05, 0.1) is 0 Å². The number of hydrogen-bond donors (Lipinski definition) is 0. The number of hydrogen-bond acceptors (Lipinski definition) is 1. The molecular weight excluding hydrogens is 352 g/mol. The molecule has 1 unspecified atom stereocenters. The van der Waals surface area contributed by atoms with Gasteiger partial charge in [0.25, 0.3) is 0 Å². The van der Waals surface area contributed by atoms with Gasteiger partial charge in [-0.1, -0.05) is 34.1 Å². The van der Waals surface area contributed by atoms with Crippen LogP contribution in [0.4, 0.5) is 17.6 Å². The summed E-state index contributed by atoms with van der Waals surface area (Å²) in [6.45, 7) is -2.86. The third-order valence-electron chi connectivity index (χ3n) is 2.87. The first-order chi connectivity index (χ1) is 9.95. The minimum atomic E-state index is -2.86. The van der Waals surface area contributed by atoms with Gasteiger partial charge >= 0.3 is 6.61 Å². The van der Waals surface area contributed by atoms with E-state index >= 15 is 0 Å². The molecule has 0 bridgehead atoms. The molecule has 0 saturated carbocycles. The van der Waals surface area contributed by atoms with E-state index in [4.69, 9.17) is 0 Å². The van der Waals surface area contributed by atoms with Gasteiger partial charge in [0, 0.05) is 4.83 Å². The Morgan fingerprint density at radius 1 is 0.952 bits per heavy atom. The van der Waals surface area contributed by atoms with Crippen molar-refractivity contribution in [3.63, 3.8) is 0 Å². The lowest BCUT2D eigenvalue weighted by Crippen LogP contribution is -2.02. The summed E-state index contributed by atoms with van der Waals surface area (Å²) >= 11 is 3.44. The number of halogens is 5. The van der Waals surface area contributed by atoms with Crippen LogP contribution in [0.1, 0.15) is 16.0 Å². The maximum Gasteiger partial charge on any atom is 0.387 e. The van der Waals surface area contributed by atoms with E-state index in [1.807, 2.05) is 0 Å². The van der Waals surface area contributed by atoms with E-state index in [2.05, 4.69) is 20.7 Å². The fourth-order valence-electron chi connectivity index (χ4n) is 1.85. The molecule has 0 fully saturated rings. The molecule has 0 saturated heterocycles. The Bertz CT molecular complexity index is 601. The van der Waals surface area contributed by atoms with Gasteiger partial charge in [0.1, 0.15) is 5.75 Å². The molecular formula is C15H11BrF4O. The first-order valence-corrected chi connectivity index (χ1v) is 7.00. The molecule has 0 amide bonds. The number of rotatable bonds is 5. The Morgan fingerprint density at radius 2 is 1.62 bits per heavy atom. The Morgan fingerprint density at radius 3 is 2.19 bits per heavy atom. The highest BCUT2D eigenvalue weighted by atomic mass is 79.9. The zero-order chi connectivity index (χ0) is 15.4. The molecule has 0 N–H and O–H groups in total. The predicted molar refractivity (Wildman–Crippen MR) is 74.8 cm³/mol. The van der Waals surface area contributed by atoms with Crippen molar-refractivity contribution in [3.8, 4) is 5.75 Å². The number of ether oxygens (including phenoxy) is 1. The second kappa shape index (κ2) is 6.93. The predicted octanol–water partition coefficient (Wildman–Crippen LogP) is 5.24. The van der Waals surface area contributed by atoms with Crippen LogP contribution in [0.2, 0.25) is 0 Å². The van der Waals surface area contributed by atoms with Crippen molar-refractivity contribution in [3.05, 3.63) is 65.2 Å². The SMILES string of the molecule is Fc1ccc(CC(Br)c2ccc(OC(F)F)cc2)cc1F. The summed E-state index contributed by atoms with van der Waals surface area (Å²) in [7, 11) is 0. The van der Waals surface area contributed by atoms with E-state index in [1.165, 1.54) is 18.2 Å². The van der Waals surface area contributed by atoms with Crippen LogP contribution in [0.3, 0.4) is 0 Å². The van der Waals surface area contributed by atoms with Crippen molar-refractivity contribution in [2.45, 2.75) is 17.9 Å². The van der Waals surface area contributed by atoms with Crippen LogP contribution < -0.4 is 4.74 Å². The fraction of sp³-hybridized carbons (Fsp3) is 0.200. The summed E-state index contributed by atoms with van der Waals surface area (Å²) in [4.78, 5) is -0.150. The van der Waals surface area contributed by atoms with Crippen LogP contribution in [0.5, 0.6) is 5.75 Å². The molecule has 2 aromatic rings. The van der Waals surface area contributed by atoms with Crippen molar-refractivity contribution in [1.82, 2.24) is 0 Å². The lowest BCUT2D eigenvalue weighted by Gasteiger charge is -2.12. The highest BCUT2D eigenvalue weighted by Gasteiger charge is 2.11. The van der Waals surface area contributed by atoms with E-state index in [9.17, 15) is 17.6 Å². The molecule has 0 aliphatic heterocycles. The molecule has 112 valence electrons. The van der Waals surface area contributed by atoms with Gasteiger partial charge in [-0.2, -0.15) is 8.78 Å². The molecule has 0 spiro atoms. The summed E-state index contributed by atoms with van der Waals surface area (Å²) in [5, 5.41) is 0. The Hall–Kier alpha value is -1.56. The van der Waals surface area contributed by atoms with Crippen LogP contribution in [0.15, 0.2) is 42.5 Å². The molecule has 1 atom stereocenters. The maximum absolute atomic E-state index is 13.1. The lowest BCUT2D eigenvalue weighted by molar-refractivity contribution is -0.0498. The molecule has 6 heteroatoms. The maximum atomic E-state index is 13.1. The first kappa shape index (κ1) is 15.8. The van der Waals surface area contributed by atoms with Crippen LogP contribution in [0, 0.1) is 11.6 Å². The van der Waals surface area contributed by atoms with E-state index < -0.39 is 18.2 Å². The number of benzene rings is 2. The quantitative estimate of drug-likeness (QED) is 0.521. The topological polar surface area (TPSA) is 9.23 Å². The Kier molecular flexibility index (Phi) is 5.22. The molecule has 21 heavy (non-hydrogen) atoms. The zero-order valence-electron chi connectivity index (χ0n) is 10.7. The van der Waals surface area contributed by atoms with Gasteiger partial charge < -0.3 is 4.74 Å². The first-order valence-electron chi connectivity index (χ1n) is 6.08. The highest BCUT2D eigenvalue weighted by molar-refractivity contribution is 9.09. The van der Waals surface area contributed by atoms with Crippen molar-refractivity contribution in [2.75, 3.05) is 0 Å². The Balaban J connectivity index is 2.05. The molecule has 2 rings (SSSR count). The molecule has 0 aliphatic rings. The molecule has 0 heterocycles. The average molecular weight is 363 g/mol. The van der Waals surface area contributed by atoms with Gasteiger partial charge in [-0.25, -0.2) is 8.78 Å². The fourth-order valence-corrected chi connectivity index (χ4v) is 2.53. The van der Waals surface area contributed by atoms with Crippen LogP contribution in [0.25, 0.3) is 0 Å². The summed E-state index contributed by atoms with van der Waals surface area (Å²) in [6.07, 6.45) is 0.437. The van der Waals surface area contributed by atoms with Gasteiger partial charge in [0.15, 0.2) is 11.6 Å². The average Bonchev–Trinajstić information content (AvgIpc) is 2.43. The smallest absolute Gasteiger partial charge is 0.387 e. The minimum Gasteiger partial charge on any atom is -0.435 e. The van der Waals surface area contributed by atoms with Gasteiger partial charge in [-0.05, 0) is 41.8 Å². The normalized spacial score (nSPS) is 12.5. The lowest BCUT2D eigenvalue weighted by atomic mass is 10.0. The minimum absolute atomic E-state index is 0.0706.